The van der Waals surface area contributed by atoms with Crippen molar-refractivity contribution in [2.75, 3.05) is 24.4 Å². The van der Waals surface area contributed by atoms with Crippen molar-refractivity contribution in [1.29, 1.82) is 0 Å². The molecule has 2 aromatic carbocycles. The third kappa shape index (κ3) is 5.56. The van der Waals surface area contributed by atoms with Gasteiger partial charge in [-0.3, -0.25) is 14.3 Å². The predicted molar refractivity (Wildman–Crippen MR) is 125 cm³/mol. The van der Waals surface area contributed by atoms with Crippen LogP contribution in [0.1, 0.15) is 34.3 Å². The Balaban J connectivity index is 1.74. The van der Waals surface area contributed by atoms with Crippen LogP contribution in [-0.4, -0.2) is 44.8 Å². The molecule has 2 N–H and O–H groups in total. The normalized spacial score (nSPS) is 16.3. The number of carbonyl (C=O) groups is 2. The number of anilines is 1. The molecule has 32 heavy (non-hydrogen) atoms. The molecule has 7 nitrogen and oxygen atoms in total. The minimum absolute atomic E-state index is 0.0858. The number of benzene rings is 2. The highest BCUT2D eigenvalue weighted by atomic mass is 32.2. The van der Waals surface area contributed by atoms with E-state index in [1.807, 2.05) is 13.0 Å². The number of nitrogens with zero attached hydrogens (tertiary/aromatic N) is 1. The molecule has 1 heterocycles. The van der Waals surface area contributed by atoms with Gasteiger partial charge in [-0.2, -0.15) is 0 Å². The van der Waals surface area contributed by atoms with Gasteiger partial charge in [-0.1, -0.05) is 29.8 Å². The van der Waals surface area contributed by atoms with Crippen LogP contribution in [0.2, 0.25) is 0 Å². The van der Waals surface area contributed by atoms with Crippen molar-refractivity contribution in [3.63, 3.8) is 0 Å². The molecule has 2 aromatic rings. The number of carbonyl (C=O) groups excluding carboxylic acids is 2. The van der Waals surface area contributed by atoms with E-state index in [1.54, 1.807) is 48.2 Å². The summed E-state index contributed by atoms with van der Waals surface area (Å²) in [6, 6.07) is 11.6. The molecule has 3 rings (SSSR count). The molecule has 1 aliphatic heterocycles. The Morgan fingerprint density at radius 1 is 1.19 bits per heavy atom. The van der Waals surface area contributed by atoms with E-state index in [0.29, 0.717) is 36.4 Å². The molecule has 1 saturated heterocycles. The van der Waals surface area contributed by atoms with Crippen LogP contribution in [-0.2, 0) is 14.8 Å². The van der Waals surface area contributed by atoms with E-state index in [-0.39, 0.29) is 22.6 Å². The van der Waals surface area contributed by atoms with Crippen molar-refractivity contribution >= 4 is 27.5 Å². The quantitative estimate of drug-likeness (QED) is 0.627. The molecule has 1 aliphatic rings. The summed E-state index contributed by atoms with van der Waals surface area (Å²) in [4.78, 5) is 27.2. The fraction of sp³-hybridized carbons (Fsp3) is 0.333. The monoisotopic (exact) mass is 455 g/mol. The molecule has 0 aromatic heterocycles. The van der Waals surface area contributed by atoms with Gasteiger partial charge < -0.3 is 10.2 Å². The topological polar surface area (TPSA) is 95.6 Å². The van der Waals surface area contributed by atoms with E-state index in [9.17, 15) is 18.0 Å². The standard InChI is InChI=1S/C24H29N3O4S/c1-4-12-25-23(28)20-8-6-13-27(16-20)24(29)19-7-5-9-21(15-19)26-32(30,31)22-11-10-17(2)14-18(22)3/h4-5,7,9-11,14-15,20,26H,1,6,8,12-13,16H2,2-3H3,(H,25,28)/t20-/m0/s1. The molecular weight excluding hydrogens is 426 g/mol. The van der Waals surface area contributed by atoms with Gasteiger partial charge >= 0.3 is 0 Å². The van der Waals surface area contributed by atoms with E-state index < -0.39 is 10.0 Å². The zero-order valence-electron chi connectivity index (χ0n) is 18.4. The van der Waals surface area contributed by atoms with E-state index in [0.717, 1.165) is 18.4 Å². The summed E-state index contributed by atoms with van der Waals surface area (Å²) in [5.41, 5.74) is 2.32. The van der Waals surface area contributed by atoms with E-state index in [1.165, 1.54) is 6.07 Å². The van der Waals surface area contributed by atoms with Crippen LogP contribution in [0.25, 0.3) is 0 Å². The number of sulfonamides is 1. The summed E-state index contributed by atoms with van der Waals surface area (Å²) in [6.45, 7) is 8.53. The largest absolute Gasteiger partial charge is 0.352 e. The van der Waals surface area contributed by atoms with Gasteiger partial charge in [0.2, 0.25) is 5.91 Å². The first-order valence-corrected chi connectivity index (χ1v) is 12.1. The van der Waals surface area contributed by atoms with Gasteiger partial charge in [0.15, 0.2) is 0 Å². The molecule has 0 aliphatic carbocycles. The number of hydrogen-bond donors (Lipinski definition) is 2. The first-order chi connectivity index (χ1) is 15.2. The zero-order chi connectivity index (χ0) is 23.3. The smallest absolute Gasteiger partial charge is 0.262 e. The van der Waals surface area contributed by atoms with Crippen molar-refractivity contribution in [1.82, 2.24) is 10.2 Å². The second kappa shape index (κ2) is 9.99. The highest BCUT2D eigenvalue weighted by Gasteiger charge is 2.29. The molecule has 1 atom stereocenters. The number of nitrogens with one attached hydrogen (secondary N) is 2. The summed E-state index contributed by atoms with van der Waals surface area (Å²) in [7, 11) is -3.79. The van der Waals surface area contributed by atoms with Crippen molar-refractivity contribution in [2.45, 2.75) is 31.6 Å². The average molecular weight is 456 g/mol. The summed E-state index contributed by atoms with van der Waals surface area (Å²) in [6.07, 6.45) is 3.08. The fourth-order valence-corrected chi connectivity index (χ4v) is 5.18. The van der Waals surface area contributed by atoms with Gasteiger partial charge in [0.1, 0.15) is 0 Å². The Hall–Kier alpha value is -3.13. The lowest BCUT2D eigenvalue weighted by Gasteiger charge is -2.32. The number of hydrogen-bond acceptors (Lipinski definition) is 4. The molecule has 0 saturated carbocycles. The number of likely N-dealkylation sites (tertiary alicyclic amines) is 1. The predicted octanol–water partition coefficient (Wildman–Crippen LogP) is 3.26. The Morgan fingerprint density at radius 3 is 2.69 bits per heavy atom. The van der Waals surface area contributed by atoms with Crippen LogP contribution < -0.4 is 10.0 Å². The van der Waals surface area contributed by atoms with Crippen LogP contribution in [0.4, 0.5) is 5.69 Å². The minimum atomic E-state index is -3.79. The molecule has 8 heteroatoms. The van der Waals surface area contributed by atoms with Gasteiger partial charge in [0.25, 0.3) is 15.9 Å². The van der Waals surface area contributed by atoms with Crippen molar-refractivity contribution < 1.29 is 18.0 Å². The average Bonchev–Trinajstić information content (AvgIpc) is 2.76. The summed E-state index contributed by atoms with van der Waals surface area (Å²) in [5, 5.41) is 2.79. The maximum absolute atomic E-state index is 13.1. The first-order valence-electron chi connectivity index (χ1n) is 10.6. The molecule has 2 amide bonds. The number of aryl methyl sites for hydroxylation is 2. The molecule has 0 unspecified atom stereocenters. The molecule has 170 valence electrons. The van der Waals surface area contributed by atoms with Crippen molar-refractivity contribution in [3.05, 3.63) is 71.8 Å². The van der Waals surface area contributed by atoms with Gasteiger partial charge in [-0.25, -0.2) is 8.42 Å². The summed E-state index contributed by atoms with van der Waals surface area (Å²) < 4.78 is 28.3. The van der Waals surface area contributed by atoms with Crippen LogP contribution >= 0.6 is 0 Å². The number of piperidine rings is 1. The second-order valence-corrected chi connectivity index (χ2v) is 9.73. The Morgan fingerprint density at radius 2 is 1.97 bits per heavy atom. The van der Waals surface area contributed by atoms with E-state index >= 15 is 0 Å². The second-order valence-electron chi connectivity index (χ2n) is 8.08. The third-order valence-corrected chi connectivity index (χ3v) is 7.02. The fourth-order valence-electron chi connectivity index (χ4n) is 3.90. The maximum atomic E-state index is 13.1. The van der Waals surface area contributed by atoms with Crippen molar-refractivity contribution in [2.24, 2.45) is 5.92 Å². The Bertz CT molecular complexity index is 1130. The first kappa shape index (κ1) is 23.5. The number of amides is 2. The van der Waals surface area contributed by atoms with E-state index in [2.05, 4.69) is 16.6 Å². The van der Waals surface area contributed by atoms with Crippen LogP contribution in [0.5, 0.6) is 0 Å². The lowest BCUT2D eigenvalue weighted by atomic mass is 9.96. The van der Waals surface area contributed by atoms with Crippen LogP contribution in [0.15, 0.2) is 60.0 Å². The zero-order valence-corrected chi connectivity index (χ0v) is 19.2. The minimum Gasteiger partial charge on any atom is -0.352 e. The summed E-state index contributed by atoms with van der Waals surface area (Å²) in [5.74, 6) is -0.574. The van der Waals surface area contributed by atoms with Crippen LogP contribution in [0, 0.1) is 19.8 Å². The molecule has 0 radical (unpaired) electrons. The number of rotatable bonds is 7. The van der Waals surface area contributed by atoms with E-state index in [4.69, 9.17) is 0 Å². The SMILES string of the molecule is C=CCNC(=O)[C@H]1CCCN(C(=O)c2cccc(NS(=O)(=O)c3ccc(C)cc3C)c2)C1. The van der Waals surface area contributed by atoms with Crippen molar-refractivity contribution in [3.8, 4) is 0 Å². The highest BCUT2D eigenvalue weighted by Crippen LogP contribution is 2.23. The summed E-state index contributed by atoms with van der Waals surface area (Å²) >= 11 is 0. The van der Waals surface area contributed by atoms with Gasteiger partial charge in [-0.15, -0.1) is 6.58 Å². The highest BCUT2D eigenvalue weighted by molar-refractivity contribution is 7.92. The van der Waals surface area contributed by atoms with Gasteiger partial charge in [-0.05, 0) is 56.5 Å². The van der Waals surface area contributed by atoms with Crippen LogP contribution in [0.3, 0.4) is 0 Å². The lowest BCUT2D eigenvalue weighted by Crippen LogP contribution is -2.45. The van der Waals surface area contributed by atoms with Gasteiger partial charge in [0.05, 0.1) is 10.8 Å². The molecule has 0 bridgehead atoms. The Labute approximate surface area is 189 Å². The lowest BCUT2D eigenvalue weighted by molar-refractivity contribution is -0.126. The Kier molecular flexibility index (Phi) is 7.35. The maximum Gasteiger partial charge on any atom is 0.262 e. The molecule has 1 fully saturated rings. The molecule has 0 spiro atoms. The van der Waals surface area contributed by atoms with Gasteiger partial charge in [0, 0.05) is 30.9 Å². The third-order valence-electron chi connectivity index (χ3n) is 5.48. The molecular formula is C24H29N3O4S.